The van der Waals surface area contributed by atoms with E-state index in [0.717, 1.165) is 18.4 Å². The van der Waals surface area contributed by atoms with Crippen LogP contribution in [0.5, 0.6) is 0 Å². The van der Waals surface area contributed by atoms with Crippen molar-refractivity contribution in [3.63, 3.8) is 0 Å². The highest BCUT2D eigenvalue weighted by Crippen LogP contribution is 2.27. The summed E-state index contributed by atoms with van der Waals surface area (Å²) in [5.41, 5.74) is 3.82. The molecule has 0 aliphatic rings. The third-order valence-corrected chi connectivity index (χ3v) is 3.95. The van der Waals surface area contributed by atoms with Crippen LogP contribution in [0.15, 0.2) is 18.2 Å². The minimum atomic E-state index is 0.0240. The van der Waals surface area contributed by atoms with E-state index in [-0.39, 0.29) is 12.1 Å². The molecule has 0 bridgehead atoms. The summed E-state index contributed by atoms with van der Waals surface area (Å²) < 4.78 is 5.76. The second-order valence-corrected chi connectivity index (χ2v) is 5.26. The van der Waals surface area contributed by atoms with E-state index in [1.54, 1.807) is 6.07 Å². The quantitative estimate of drug-likeness (QED) is 0.570. The Morgan fingerprint density at radius 3 is 2.63 bits per heavy atom. The Morgan fingerprint density at radius 2 is 2.05 bits per heavy atom. The van der Waals surface area contributed by atoms with Gasteiger partial charge in [0.05, 0.1) is 22.2 Å². The molecule has 0 heterocycles. The zero-order valence-electron chi connectivity index (χ0n) is 11.5. The summed E-state index contributed by atoms with van der Waals surface area (Å²) in [7, 11) is 0. The number of ether oxygens (including phenoxy) is 1. The van der Waals surface area contributed by atoms with Crippen molar-refractivity contribution in [2.75, 3.05) is 6.61 Å². The van der Waals surface area contributed by atoms with Crippen molar-refractivity contribution in [1.82, 2.24) is 5.43 Å². The molecule has 0 fully saturated rings. The average molecular weight is 305 g/mol. The van der Waals surface area contributed by atoms with Gasteiger partial charge in [0.1, 0.15) is 0 Å². The van der Waals surface area contributed by atoms with Gasteiger partial charge in [-0.15, -0.1) is 0 Å². The molecule has 2 unspecified atom stereocenters. The van der Waals surface area contributed by atoms with E-state index >= 15 is 0 Å². The van der Waals surface area contributed by atoms with Gasteiger partial charge in [-0.3, -0.25) is 11.3 Å². The number of benzene rings is 1. The molecule has 0 spiro atoms. The van der Waals surface area contributed by atoms with Gasteiger partial charge in [-0.25, -0.2) is 0 Å². The van der Waals surface area contributed by atoms with E-state index in [4.69, 9.17) is 33.8 Å². The van der Waals surface area contributed by atoms with Gasteiger partial charge < -0.3 is 4.74 Å². The van der Waals surface area contributed by atoms with Crippen LogP contribution in [-0.4, -0.2) is 18.8 Å². The lowest BCUT2D eigenvalue weighted by molar-refractivity contribution is 0.0281. The summed E-state index contributed by atoms with van der Waals surface area (Å²) in [5, 5.41) is 1.16. The second-order valence-electron chi connectivity index (χ2n) is 4.47. The lowest BCUT2D eigenvalue weighted by Crippen LogP contribution is -2.46. The van der Waals surface area contributed by atoms with Crippen molar-refractivity contribution in [2.24, 2.45) is 5.84 Å². The third kappa shape index (κ3) is 4.93. The van der Waals surface area contributed by atoms with E-state index in [1.807, 2.05) is 19.1 Å². The monoisotopic (exact) mass is 304 g/mol. The fourth-order valence-corrected chi connectivity index (χ4v) is 2.54. The lowest BCUT2D eigenvalue weighted by atomic mass is 9.98. The Morgan fingerprint density at radius 1 is 1.32 bits per heavy atom. The first-order valence-electron chi connectivity index (χ1n) is 6.64. The van der Waals surface area contributed by atoms with Crippen LogP contribution in [0.2, 0.25) is 10.0 Å². The molecule has 0 saturated heterocycles. The molecule has 3 nitrogen and oxygen atoms in total. The molecule has 108 valence electrons. The van der Waals surface area contributed by atoms with Crippen LogP contribution in [0.4, 0.5) is 0 Å². The molecule has 1 rings (SSSR count). The van der Waals surface area contributed by atoms with Crippen molar-refractivity contribution in [3.8, 4) is 0 Å². The summed E-state index contributed by atoms with van der Waals surface area (Å²) in [5.74, 6) is 5.66. The van der Waals surface area contributed by atoms with E-state index in [9.17, 15) is 0 Å². The average Bonchev–Trinajstić information content (AvgIpc) is 2.40. The van der Waals surface area contributed by atoms with Gasteiger partial charge in [-0.1, -0.05) is 48.7 Å². The van der Waals surface area contributed by atoms with E-state index < -0.39 is 0 Å². The Bertz CT molecular complexity index is 382. The molecule has 0 aliphatic heterocycles. The number of nitrogens with two attached hydrogens (primary N) is 1. The standard InChI is InChI=1S/C14H22Cl2N2O/c1-3-6-13(19-4-2)12(18-17)9-10-7-5-8-11(15)14(10)16/h5,7-8,12-13,18H,3-4,6,9,17H2,1-2H3. The molecule has 1 aromatic carbocycles. The number of hydrogen-bond acceptors (Lipinski definition) is 3. The lowest BCUT2D eigenvalue weighted by Gasteiger charge is -2.26. The predicted molar refractivity (Wildman–Crippen MR) is 81.6 cm³/mol. The maximum absolute atomic E-state index is 6.21. The Balaban J connectivity index is 2.82. The van der Waals surface area contributed by atoms with Crippen LogP contribution in [-0.2, 0) is 11.2 Å². The Labute approximate surface area is 125 Å². The summed E-state index contributed by atoms with van der Waals surface area (Å²) in [6.45, 7) is 4.79. The van der Waals surface area contributed by atoms with Gasteiger partial charge in [0.2, 0.25) is 0 Å². The highest BCUT2D eigenvalue weighted by molar-refractivity contribution is 6.42. The fourth-order valence-electron chi connectivity index (χ4n) is 2.14. The van der Waals surface area contributed by atoms with Crippen LogP contribution < -0.4 is 11.3 Å². The molecule has 0 aromatic heterocycles. The zero-order chi connectivity index (χ0) is 14.3. The molecule has 0 amide bonds. The zero-order valence-corrected chi connectivity index (χ0v) is 13.0. The van der Waals surface area contributed by atoms with Gasteiger partial charge in [-0.05, 0) is 31.4 Å². The Hall–Kier alpha value is -0.320. The van der Waals surface area contributed by atoms with Crippen LogP contribution in [0.25, 0.3) is 0 Å². The normalized spacial score (nSPS) is 14.4. The van der Waals surface area contributed by atoms with Gasteiger partial charge in [0.25, 0.3) is 0 Å². The highest BCUT2D eigenvalue weighted by Gasteiger charge is 2.21. The summed E-state index contributed by atoms with van der Waals surface area (Å²) >= 11 is 12.2. The third-order valence-electron chi connectivity index (χ3n) is 3.09. The first-order chi connectivity index (χ1) is 9.13. The molecule has 5 heteroatoms. The van der Waals surface area contributed by atoms with Crippen molar-refractivity contribution in [3.05, 3.63) is 33.8 Å². The van der Waals surface area contributed by atoms with Crippen molar-refractivity contribution in [1.29, 1.82) is 0 Å². The molecule has 0 saturated carbocycles. The molecule has 0 aliphatic carbocycles. The molecule has 0 radical (unpaired) electrons. The topological polar surface area (TPSA) is 47.3 Å². The van der Waals surface area contributed by atoms with Gasteiger partial charge in [-0.2, -0.15) is 0 Å². The van der Waals surface area contributed by atoms with Crippen molar-refractivity contribution < 1.29 is 4.74 Å². The van der Waals surface area contributed by atoms with Gasteiger partial charge in [0.15, 0.2) is 0 Å². The molecule has 3 N–H and O–H groups in total. The van der Waals surface area contributed by atoms with Crippen LogP contribution in [0, 0.1) is 0 Å². The van der Waals surface area contributed by atoms with E-state index in [0.29, 0.717) is 23.1 Å². The van der Waals surface area contributed by atoms with Gasteiger partial charge >= 0.3 is 0 Å². The molecule has 1 aromatic rings. The predicted octanol–water partition coefficient (Wildman–Crippen LogP) is 3.57. The van der Waals surface area contributed by atoms with E-state index in [1.165, 1.54) is 0 Å². The molecule has 2 atom stereocenters. The van der Waals surface area contributed by atoms with Crippen LogP contribution >= 0.6 is 23.2 Å². The molecule has 19 heavy (non-hydrogen) atoms. The minimum Gasteiger partial charge on any atom is -0.377 e. The largest absolute Gasteiger partial charge is 0.377 e. The van der Waals surface area contributed by atoms with E-state index in [2.05, 4.69) is 12.3 Å². The SMILES string of the molecule is CCCC(OCC)C(Cc1cccc(Cl)c1Cl)NN. The first-order valence-corrected chi connectivity index (χ1v) is 7.40. The fraction of sp³-hybridized carbons (Fsp3) is 0.571. The smallest absolute Gasteiger partial charge is 0.0744 e. The van der Waals surface area contributed by atoms with Crippen molar-refractivity contribution in [2.45, 2.75) is 45.3 Å². The molecular weight excluding hydrogens is 283 g/mol. The van der Waals surface area contributed by atoms with Crippen molar-refractivity contribution >= 4 is 23.2 Å². The number of halogens is 2. The second kappa shape index (κ2) is 8.77. The maximum atomic E-state index is 6.21. The summed E-state index contributed by atoms with van der Waals surface area (Å²) in [6, 6.07) is 5.67. The van der Waals surface area contributed by atoms with Gasteiger partial charge in [0, 0.05) is 6.61 Å². The first kappa shape index (κ1) is 16.7. The number of hydrogen-bond donors (Lipinski definition) is 2. The highest BCUT2D eigenvalue weighted by atomic mass is 35.5. The van der Waals surface area contributed by atoms with Crippen LogP contribution in [0.1, 0.15) is 32.3 Å². The number of rotatable bonds is 8. The Kier molecular flexibility index (Phi) is 7.73. The number of hydrazine groups is 1. The number of nitrogens with one attached hydrogen (secondary N) is 1. The maximum Gasteiger partial charge on any atom is 0.0744 e. The van der Waals surface area contributed by atoms with Crippen LogP contribution in [0.3, 0.4) is 0 Å². The summed E-state index contributed by atoms with van der Waals surface area (Å²) in [4.78, 5) is 0. The minimum absolute atomic E-state index is 0.0240. The summed E-state index contributed by atoms with van der Waals surface area (Å²) in [6.07, 6.45) is 2.78. The molecular formula is C14H22Cl2N2O.